The second-order valence-corrected chi connectivity index (χ2v) is 2.81. The maximum atomic E-state index is 9.39. The molecule has 0 aromatic carbocycles. The number of aliphatic hydroxyl groups excluding tert-OH is 1. The Hall–Kier alpha value is -0.300. The molecule has 0 aromatic heterocycles. The number of rotatable bonds is 2. The van der Waals surface area contributed by atoms with Crippen LogP contribution in [0.4, 0.5) is 0 Å². The van der Waals surface area contributed by atoms with Gasteiger partial charge >= 0.3 is 0 Å². The Balaban J connectivity index is 2.40. The van der Waals surface area contributed by atoms with Crippen LogP contribution in [0.25, 0.3) is 0 Å². The second kappa shape index (κ2) is 2.53. The molecular formula is C8H14O. The van der Waals surface area contributed by atoms with Crippen molar-refractivity contribution >= 4 is 0 Å². The Kier molecular flexibility index (Phi) is 1.91. The lowest BCUT2D eigenvalue weighted by atomic mass is 10.1. The number of hydrogen-bond acceptors (Lipinski definition) is 1. The van der Waals surface area contributed by atoms with Gasteiger partial charge in [-0.2, -0.15) is 0 Å². The van der Waals surface area contributed by atoms with Crippen LogP contribution in [0.3, 0.4) is 0 Å². The maximum Gasteiger partial charge on any atom is 0.0775 e. The standard InChI is InChI=1S/C8H14O/c1-3-6(2)8(9)7-4-5-7/h3,7-9H,4-5H2,1-2H3/b6-3-. The number of hydrogen-bond donors (Lipinski definition) is 1. The van der Waals surface area contributed by atoms with Gasteiger partial charge in [-0.05, 0) is 38.2 Å². The summed E-state index contributed by atoms with van der Waals surface area (Å²) in [6.07, 6.45) is 4.27. The van der Waals surface area contributed by atoms with Gasteiger partial charge in [0.05, 0.1) is 6.10 Å². The molecule has 1 aliphatic rings. The lowest BCUT2D eigenvalue weighted by Gasteiger charge is -2.07. The lowest BCUT2D eigenvalue weighted by Crippen LogP contribution is -2.09. The summed E-state index contributed by atoms with van der Waals surface area (Å²) in [6.45, 7) is 3.96. The first-order valence-electron chi connectivity index (χ1n) is 3.56. The highest BCUT2D eigenvalue weighted by molar-refractivity contribution is 5.07. The molecule has 0 radical (unpaired) electrons. The second-order valence-electron chi connectivity index (χ2n) is 2.81. The minimum absolute atomic E-state index is 0.144. The predicted molar refractivity (Wildman–Crippen MR) is 38.2 cm³/mol. The van der Waals surface area contributed by atoms with Crippen molar-refractivity contribution in [2.45, 2.75) is 32.8 Å². The molecule has 52 valence electrons. The van der Waals surface area contributed by atoms with Crippen LogP contribution in [-0.2, 0) is 0 Å². The maximum absolute atomic E-state index is 9.39. The fourth-order valence-corrected chi connectivity index (χ4v) is 0.955. The van der Waals surface area contributed by atoms with E-state index in [1.54, 1.807) is 0 Å². The van der Waals surface area contributed by atoms with Gasteiger partial charge in [0.1, 0.15) is 0 Å². The zero-order chi connectivity index (χ0) is 6.85. The van der Waals surface area contributed by atoms with Crippen molar-refractivity contribution in [3.8, 4) is 0 Å². The van der Waals surface area contributed by atoms with Crippen molar-refractivity contribution in [1.29, 1.82) is 0 Å². The molecule has 0 aliphatic heterocycles. The van der Waals surface area contributed by atoms with Gasteiger partial charge in [0.15, 0.2) is 0 Å². The van der Waals surface area contributed by atoms with Crippen molar-refractivity contribution in [2.24, 2.45) is 5.92 Å². The van der Waals surface area contributed by atoms with E-state index >= 15 is 0 Å². The lowest BCUT2D eigenvalue weighted by molar-refractivity contribution is 0.187. The summed E-state index contributed by atoms with van der Waals surface area (Å²) in [5.41, 5.74) is 1.12. The first-order valence-corrected chi connectivity index (χ1v) is 3.56. The van der Waals surface area contributed by atoms with Gasteiger partial charge in [0.2, 0.25) is 0 Å². The Labute approximate surface area is 56.4 Å². The molecular weight excluding hydrogens is 112 g/mol. The van der Waals surface area contributed by atoms with Crippen molar-refractivity contribution in [1.82, 2.24) is 0 Å². The molecule has 1 nitrogen and oxygen atoms in total. The van der Waals surface area contributed by atoms with E-state index in [0.29, 0.717) is 5.92 Å². The monoisotopic (exact) mass is 126 g/mol. The zero-order valence-electron chi connectivity index (χ0n) is 6.09. The molecule has 9 heavy (non-hydrogen) atoms. The van der Waals surface area contributed by atoms with Gasteiger partial charge < -0.3 is 5.11 Å². The summed E-state index contributed by atoms with van der Waals surface area (Å²) in [4.78, 5) is 0. The molecule has 1 unspecified atom stereocenters. The SMILES string of the molecule is C/C=C(/C)C(O)C1CC1. The van der Waals surface area contributed by atoms with Crippen LogP contribution < -0.4 is 0 Å². The molecule has 1 heteroatoms. The average Bonchev–Trinajstić information content (AvgIpc) is 2.66. The fraction of sp³-hybridized carbons (Fsp3) is 0.750. The van der Waals surface area contributed by atoms with Gasteiger partial charge in [-0.25, -0.2) is 0 Å². The fourth-order valence-electron chi connectivity index (χ4n) is 0.955. The van der Waals surface area contributed by atoms with Crippen molar-refractivity contribution < 1.29 is 5.11 Å². The molecule has 1 saturated carbocycles. The Bertz CT molecular complexity index is 123. The minimum Gasteiger partial charge on any atom is -0.388 e. The topological polar surface area (TPSA) is 20.2 Å². The van der Waals surface area contributed by atoms with Crippen molar-refractivity contribution in [2.75, 3.05) is 0 Å². The van der Waals surface area contributed by atoms with Crippen LogP contribution in [0.2, 0.25) is 0 Å². The van der Waals surface area contributed by atoms with Gasteiger partial charge in [-0.1, -0.05) is 6.08 Å². The highest BCUT2D eigenvalue weighted by Crippen LogP contribution is 2.35. The highest BCUT2D eigenvalue weighted by atomic mass is 16.3. The van der Waals surface area contributed by atoms with Gasteiger partial charge in [0, 0.05) is 0 Å². The summed E-state index contributed by atoms with van der Waals surface area (Å²) in [5, 5.41) is 9.39. The van der Waals surface area contributed by atoms with Crippen LogP contribution in [0.5, 0.6) is 0 Å². The molecule has 0 bridgehead atoms. The predicted octanol–water partition coefficient (Wildman–Crippen LogP) is 1.72. The summed E-state index contributed by atoms with van der Waals surface area (Å²) >= 11 is 0. The van der Waals surface area contributed by atoms with Crippen molar-refractivity contribution in [3.63, 3.8) is 0 Å². The van der Waals surface area contributed by atoms with Crippen LogP contribution in [0.15, 0.2) is 11.6 Å². The Morgan fingerprint density at radius 1 is 1.67 bits per heavy atom. The third-order valence-corrected chi connectivity index (χ3v) is 1.99. The van der Waals surface area contributed by atoms with Crippen LogP contribution >= 0.6 is 0 Å². The first-order chi connectivity index (χ1) is 4.25. The van der Waals surface area contributed by atoms with Gasteiger partial charge in [-0.3, -0.25) is 0 Å². The number of allylic oxidation sites excluding steroid dienone is 1. The van der Waals surface area contributed by atoms with Gasteiger partial charge in [0.25, 0.3) is 0 Å². The van der Waals surface area contributed by atoms with Crippen molar-refractivity contribution in [3.05, 3.63) is 11.6 Å². The van der Waals surface area contributed by atoms with E-state index in [1.807, 2.05) is 19.9 Å². The molecule has 1 fully saturated rings. The van der Waals surface area contributed by atoms with E-state index in [4.69, 9.17) is 0 Å². The molecule has 0 amide bonds. The van der Waals surface area contributed by atoms with E-state index in [2.05, 4.69) is 0 Å². The molecule has 1 atom stereocenters. The molecule has 0 saturated heterocycles. The highest BCUT2D eigenvalue weighted by Gasteiger charge is 2.29. The van der Waals surface area contributed by atoms with Crippen LogP contribution in [0, 0.1) is 5.92 Å². The third kappa shape index (κ3) is 1.55. The third-order valence-electron chi connectivity index (χ3n) is 1.99. The van der Waals surface area contributed by atoms with E-state index < -0.39 is 0 Å². The minimum atomic E-state index is -0.144. The molecule has 0 spiro atoms. The quantitative estimate of drug-likeness (QED) is 0.558. The molecule has 1 N–H and O–H groups in total. The van der Waals surface area contributed by atoms with E-state index in [9.17, 15) is 5.11 Å². The molecule has 0 aromatic rings. The first kappa shape index (κ1) is 6.81. The number of aliphatic hydroxyl groups is 1. The summed E-state index contributed by atoms with van der Waals surface area (Å²) in [5.74, 6) is 0.584. The smallest absolute Gasteiger partial charge is 0.0775 e. The molecule has 1 rings (SSSR count). The van der Waals surface area contributed by atoms with E-state index in [-0.39, 0.29) is 6.10 Å². The molecule has 1 aliphatic carbocycles. The molecule has 0 heterocycles. The summed E-state index contributed by atoms with van der Waals surface area (Å²) in [7, 11) is 0. The summed E-state index contributed by atoms with van der Waals surface area (Å²) in [6, 6.07) is 0. The zero-order valence-corrected chi connectivity index (χ0v) is 6.09. The largest absolute Gasteiger partial charge is 0.388 e. The van der Waals surface area contributed by atoms with Gasteiger partial charge in [-0.15, -0.1) is 0 Å². The Morgan fingerprint density at radius 3 is 2.56 bits per heavy atom. The van der Waals surface area contributed by atoms with E-state index in [0.717, 1.165) is 5.57 Å². The van der Waals surface area contributed by atoms with Crippen LogP contribution in [0.1, 0.15) is 26.7 Å². The Morgan fingerprint density at radius 2 is 2.22 bits per heavy atom. The normalized spacial score (nSPS) is 24.1. The van der Waals surface area contributed by atoms with E-state index in [1.165, 1.54) is 12.8 Å². The summed E-state index contributed by atoms with van der Waals surface area (Å²) < 4.78 is 0. The van der Waals surface area contributed by atoms with Crippen LogP contribution in [-0.4, -0.2) is 11.2 Å². The average molecular weight is 126 g/mol.